The van der Waals surface area contributed by atoms with Crippen molar-refractivity contribution in [3.05, 3.63) is 23.8 Å². The molecule has 0 bridgehead atoms. The summed E-state index contributed by atoms with van der Waals surface area (Å²) in [6, 6.07) is 5.91. The Labute approximate surface area is 102 Å². The molecule has 4 nitrogen and oxygen atoms in total. The third-order valence-electron chi connectivity index (χ3n) is 2.70. The van der Waals surface area contributed by atoms with E-state index in [4.69, 9.17) is 19.9 Å². The lowest BCUT2D eigenvalue weighted by Crippen LogP contribution is -2.00. The van der Waals surface area contributed by atoms with E-state index < -0.39 is 0 Å². The molecule has 0 saturated carbocycles. The SMILES string of the molecule is NCCCCCOCc1ccc2c(c1)OCO2. The Morgan fingerprint density at radius 3 is 2.88 bits per heavy atom. The van der Waals surface area contributed by atoms with Crippen LogP contribution in [0.1, 0.15) is 24.8 Å². The maximum absolute atomic E-state index is 5.59. The maximum Gasteiger partial charge on any atom is 0.231 e. The smallest absolute Gasteiger partial charge is 0.231 e. The zero-order valence-corrected chi connectivity index (χ0v) is 9.98. The van der Waals surface area contributed by atoms with E-state index in [1.165, 1.54) is 0 Å². The average Bonchev–Trinajstić information content (AvgIpc) is 2.81. The number of hydrogen-bond donors (Lipinski definition) is 1. The van der Waals surface area contributed by atoms with Crippen LogP contribution in [0, 0.1) is 0 Å². The van der Waals surface area contributed by atoms with Crippen molar-refractivity contribution in [3.63, 3.8) is 0 Å². The maximum atomic E-state index is 5.59. The van der Waals surface area contributed by atoms with E-state index in [1.54, 1.807) is 0 Å². The molecule has 1 aromatic carbocycles. The summed E-state index contributed by atoms with van der Waals surface area (Å²) in [6.07, 6.45) is 3.28. The van der Waals surface area contributed by atoms with Gasteiger partial charge in [0.05, 0.1) is 6.61 Å². The van der Waals surface area contributed by atoms with E-state index in [-0.39, 0.29) is 0 Å². The second kappa shape index (κ2) is 6.47. The summed E-state index contributed by atoms with van der Waals surface area (Å²) in [5, 5.41) is 0. The molecule has 4 heteroatoms. The summed E-state index contributed by atoms with van der Waals surface area (Å²) in [7, 11) is 0. The molecule has 1 heterocycles. The Bertz CT molecular complexity index is 355. The van der Waals surface area contributed by atoms with Gasteiger partial charge in [0.2, 0.25) is 6.79 Å². The number of benzene rings is 1. The predicted octanol–water partition coefficient (Wildman–Crippen LogP) is 2.06. The van der Waals surface area contributed by atoms with E-state index in [2.05, 4.69) is 0 Å². The van der Waals surface area contributed by atoms with Crippen molar-refractivity contribution in [2.24, 2.45) is 5.73 Å². The minimum absolute atomic E-state index is 0.318. The highest BCUT2D eigenvalue weighted by Crippen LogP contribution is 2.32. The fourth-order valence-electron chi connectivity index (χ4n) is 1.75. The molecule has 17 heavy (non-hydrogen) atoms. The second-order valence-corrected chi connectivity index (χ2v) is 4.09. The number of nitrogens with two attached hydrogens (primary N) is 1. The van der Waals surface area contributed by atoms with E-state index in [0.717, 1.165) is 49.5 Å². The lowest BCUT2D eigenvalue weighted by molar-refractivity contribution is 0.117. The quantitative estimate of drug-likeness (QED) is 0.737. The van der Waals surface area contributed by atoms with Crippen molar-refractivity contribution < 1.29 is 14.2 Å². The molecule has 1 aliphatic rings. The van der Waals surface area contributed by atoms with Crippen LogP contribution in [-0.2, 0) is 11.3 Å². The number of rotatable bonds is 7. The molecule has 0 aliphatic carbocycles. The topological polar surface area (TPSA) is 53.7 Å². The van der Waals surface area contributed by atoms with Gasteiger partial charge in [-0.1, -0.05) is 6.07 Å². The van der Waals surface area contributed by atoms with Gasteiger partial charge in [0.1, 0.15) is 0 Å². The summed E-state index contributed by atoms with van der Waals surface area (Å²) in [6.45, 7) is 2.49. The van der Waals surface area contributed by atoms with Gasteiger partial charge < -0.3 is 19.9 Å². The van der Waals surface area contributed by atoms with Crippen LogP contribution in [-0.4, -0.2) is 19.9 Å². The highest BCUT2D eigenvalue weighted by atomic mass is 16.7. The molecule has 0 radical (unpaired) electrons. The number of unbranched alkanes of at least 4 members (excludes halogenated alkanes) is 2. The monoisotopic (exact) mass is 237 g/mol. The van der Waals surface area contributed by atoms with E-state index in [9.17, 15) is 0 Å². The minimum Gasteiger partial charge on any atom is -0.454 e. The molecule has 2 rings (SSSR count). The summed E-state index contributed by atoms with van der Waals surface area (Å²) >= 11 is 0. The van der Waals surface area contributed by atoms with Gasteiger partial charge in [-0.3, -0.25) is 0 Å². The van der Waals surface area contributed by atoms with Crippen molar-refractivity contribution in [1.29, 1.82) is 0 Å². The summed E-state index contributed by atoms with van der Waals surface area (Å²) in [5.41, 5.74) is 6.54. The lowest BCUT2D eigenvalue weighted by Gasteiger charge is -2.05. The third-order valence-corrected chi connectivity index (χ3v) is 2.70. The molecular formula is C13H19NO3. The largest absolute Gasteiger partial charge is 0.454 e. The molecule has 1 aliphatic heterocycles. The molecule has 0 saturated heterocycles. The van der Waals surface area contributed by atoms with Gasteiger partial charge in [-0.05, 0) is 43.5 Å². The van der Waals surface area contributed by atoms with Crippen LogP contribution in [0.15, 0.2) is 18.2 Å². The summed E-state index contributed by atoms with van der Waals surface area (Å²) < 4.78 is 16.1. The van der Waals surface area contributed by atoms with Gasteiger partial charge >= 0.3 is 0 Å². The lowest BCUT2D eigenvalue weighted by atomic mass is 10.2. The molecule has 2 N–H and O–H groups in total. The normalized spacial score (nSPS) is 13.0. The number of fused-ring (bicyclic) bond motifs is 1. The first-order valence-corrected chi connectivity index (χ1v) is 6.06. The van der Waals surface area contributed by atoms with Gasteiger partial charge in [-0.25, -0.2) is 0 Å². The van der Waals surface area contributed by atoms with Crippen molar-refractivity contribution in [3.8, 4) is 11.5 Å². The molecule has 0 fully saturated rings. The zero-order valence-electron chi connectivity index (χ0n) is 9.98. The predicted molar refractivity (Wildman–Crippen MR) is 65.1 cm³/mol. The minimum atomic E-state index is 0.318. The van der Waals surface area contributed by atoms with Gasteiger partial charge in [0, 0.05) is 6.61 Å². The van der Waals surface area contributed by atoms with Crippen LogP contribution < -0.4 is 15.2 Å². The Morgan fingerprint density at radius 1 is 1.12 bits per heavy atom. The molecule has 0 aromatic heterocycles. The van der Waals surface area contributed by atoms with Gasteiger partial charge in [-0.2, -0.15) is 0 Å². The Kier molecular flexibility index (Phi) is 4.64. The molecule has 0 unspecified atom stereocenters. The van der Waals surface area contributed by atoms with Crippen LogP contribution in [0.4, 0.5) is 0 Å². The Balaban J connectivity index is 1.69. The molecule has 0 amide bonds. The van der Waals surface area contributed by atoms with Crippen molar-refractivity contribution in [2.45, 2.75) is 25.9 Å². The molecule has 0 spiro atoms. The number of hydrogen-bond acceptors (Lipinski definition) is 4. The Hall–Kier alpha value is -1.26. The highest BCUT2D eigenvalue weighted by molar-refractivity contribution is 5.44. The number of ether oxygens (including phenoxy) is 3. The van der Waals surface area contributed by atoms with Crippen LogP contribution in [0.3, 0.4) is 0 Å². The third kappa shape index (κ3) is 3.61. The van der Waals surface area contributed by atoms with Crippen LogP contribution in [0.25, 0.3) is 0 Å². The second-order valence-electron chi connectivity index (χ2n) is 4.09. The first-order valence-electron chi connectivity index (χ1n) is 6.06. The average molecular weight is 237 g/mol. The van der Waals surface area contributed by atoms with E-state index in [1.807, 2.05) is 18.2 Å². The van der Waals surface area contributed by atoms with E-state index >= 15 is 0 Å². The van der Waals surface area contributed by atoms with Gasteiger partial charge in [0.15, 0.2) is 11.5 Å². The zero-order chi connectivity index (χ0) is 11.9. The molecular weight excluding hydrogens is 218 g/mol. The van der Waals surface area contributed by atoms with Crippen LogP contribution in [0.2, 0.25) is 0 Å². The van der Waals surface area contributed by atoms with E-state index in [0.29, 0.717) is 13.4 Å². The summed E-state index contributed by atoms with van der Waals surface area (Å²) in [4.78, 5) is 0. The standard InChI is InChI=1S/C13H19NO3/c14-6-2-1-3-7-15-9-11-4-5-12-13(8-11)17-10-16-12/h4-5,8H,1-3,6-7,9-10,14H2. The molecule has 94 valence electrons. The fourth-order valence-corrected chi connectivity index (χ4v) is 1.75. The summed E-state index contributed by atoms with van der Waals surface area (Å²) in [5.74, 6) is 1.63. The van der Waals surface area contributed by atoms with Crippen molar-refractivity contribution in [1.82, 2.24) is 0 Å². The van der Waals surface area contributed by atoms with Gasteiger partial charge in [-0.15, -0.1) is 0 Å². The Morgan fingerprint density at radius 2 is 2.00 bits per heavy atom. The van der Waals surface area contributed by atoms with Crippen molar-refractivity contribution >= 4 is 0 Å². The molecule has 1 aromatic rings. The highest BCUT2D eigenvalue weighted by Gasteiger charge is 2.12. The van der Waals surface area contributed by atoms with Crippen molar-refractivity contribution in [2.75, 3.05) is 19.9 Å². The van der Waals surface area contributed by atoms with Crippen LogP contribution >= 0.6 is 0 Å². The first kappa shape index (κ1) is 12.2. The first-order chi connectivity index (χ1) is 8.40. The molecule has 0 atom stereocenters. The van der Waals surface area contributed by atoms with Gasteiger partial charge in [0.25, 0.3) is 0 Å². The fraction of sp³-hybridized carbons (Fsp3) is 0.538. The van der Waals surface area contributed by atoms with Crippen LogP contribution in [0.5, 0.6) is 11.5 Å².